The van der Waals surface area contributed by atoms with Crippen molar-refractivity contribution in [3.8, 4) is 5.69 Å². The second-order valence-electron chi connectivity index (χ2n) is 10.1. The molecular formula is C29H31N5O3. The van der Waals surface area contributed by atoms with E-state index in [4.69, 9.17) is 0 Å². The topological polar surface area (TPSA) is 89.2 Å². The highest BCUT2D eigenvalue weighted by Crippen LogP contribution is 2.45. The first-order chi connectivity index (χ1) is 17.7. The van der Waals surface area contributed by atoms with E-state index in [1.54, 1.807) is 35.1 Å². The summed E-state index contributed by atoms with van der Waals surface area (Å²) in [5.41, 5.74) is 2.65. The van der Waals surface area contributed by atoms with E-state index in [0.29, 0.717) is 0 Å². The van der Waals surface area contributed by atoms with Crippen molar-refractivity contribution in [1.29, 1.82) is 0 Å². The fourth-order valence-electron chi connectivity index (χ4n) is 4.82. The summed E-state index contributed by atoms with van der Waals surface area (Å²) in [7, 11) is 1.70. The number of nitrogens with one attached hydrogen (secondary N) is 1. The first-order valence-corrected chi connectivity index (χ1v) is 12.5. The molecule has 0 spiro atoms. The summed E-state index contributed by atoms with van der Waals surface area (Å²) in [4.78, 5) is 39.8. The number of hydrogen-bond acceptors (Lipinski definition) is 4. The lowest BCUT2D eigenvalue weighted by Crippen LogP contribution is -2.47. The maximum Gasteiger partial charge on any atom is 0.250 e. The van der Waals surface area contributed by atoms with E-state index < -0.39 is 6.04 Å². The predicted octanol–water partition coefficient (Wildman–Crippen LogP) is 3.80. The number of fused-ring (bicyclic) bond motifs is 1. The summed E-state index contributed by atoms with van der Waals surface area (Å²) in [5.74, 6) is -0.0713. The minimum atomic E-state index is -0.406. The normalized spacial score (nSPS) is 20.8. The summed E-state index contributed by atoms with van der Waals surface area (Å²) in [6.07, 6.45) is 13.0. The highest BCUT2D eigenvalue weighted by Gasteiger charge is 2.49. The van der Waals surface area contributed by atoms with Crippen molar-refractivity contribution in [2.75, 3.05) is 4.90 Å². The maximum atomic E-state index is 13.4. The Morgan fingerprint density at radius 3 is 2.62 bits per heavy atom. The number of pyridine rings is 1. The van der Waals surface area contributed by atoms with Crippen molar-refractivity contribution >= 4 is 28.4 Å². The minimum absolute atomic E-state index is 0.00336. The molecule has 1 aliphatic heterocycles. The van der Waals surface area contributed by atoms with Gasteiger partial charge >= 0.3 is 0 Å². The standard InChI is InChI=1S/C29H31N5O3/c1-5-6-7-8-19(2)27-23(31-28(37)29(3)13-14-29)16-26(36)33(27)21-9-11-24-20(15-21)17-30-34(24)22-10-12-25(35)32(4)18-22/h5-12,15,17-18,23,27H,2,13-14,16H2,1,3-4H3,(H,31,37)/b6-5-,8-7-/t23-,27+/m0/s1. The van der Waals surface area contributed by atoms with Crippen LogP contribution in [0.15, 0.2) is 84.0 Å². The van der Waals surface area contributed by atoms with Gasteiger partial charge in [-0.1, -0.05) is 37.8 Å². The number of carbonyl (C=O) groups excluding carboxylic acids is 2. The average molecular weight is 498 g/mol. The van der Waals surface area contributed by atoms with Gasteiger partial charge in [0.2, 0.25) is 17.4 Å². The molecule has 37 heavy (non-hydrogen) atoms. The molecule has 2 fully saturated rings. The van der Waals surface area contributed by atoms with E-state index >= 15 is 0 Å². The number of rotatable bonds is 7. The van der Waals surface area contributed by atoms with Crippen LogP contribution in [0.5, 0.6) is 0 Å². The van der Waals surface area contributed by atoms with Crippen LogP contribution in [0.4, 0.5) is 5.69 Å². The lowest BCUT2D eigenvalue weighted by molar-refractivity contribution is -0.126. The Hall–Kier alpha value is -4.20. The lowest BCUT2D eigenvalue weighted by atomic mass is 9.98. The van der Waals surface area contributed by atoms with Crippen LogP contribution in [0.25, 0.3) is 16.6 Å². The number of allylic oxidation sites excluding steroid dienone is 3. The highest BCUT2D eigenvalue weighted by atomic mass is 16.2. The Balaban J connectivity index is 1.50. The quantitative estimate of drug-likeness (QED) is 0.503. The molecule has 2 aromatic heterocycles. The monoisotopic (exact) mass is 497 g/mol. The van der Waals surface area contributed by atoms with Crippen LogP contribution in [0.2, 0.25) is 0 Å². The first-order valence-electron chi connectivity index (χ1n) is 12.5. The van der Waals surface area contributed by atoms with Crippen molar-refractivity contribution in [2.45, 2.75) is 45.2 Å². The van der Waals surface area contributed by atoms with E-state index in [1.165, 1.54) is 10.6 Å². The summed E-state index contributed by atoms with van der Waals surface area (Å²) in [5, 5.41) is 8.52. The Bertz CT molecular complexity index is 1520. The van der Waals surface area contributed by atoms with Gasteiger partial charge in [-0.05, 0) is 49.6 Å². The van der Waals surface area contributed by atoms with Crippen LogP contribution in [-0.2, 0) is 16.6 Å². The smallest absolute Gasteiger partial charge is 0.250 e. The van der Waals surface area contributed by atoms with Crippen LogP contribution < -0.4 is 15.8 Å². The zero-order valence-corrected chi connectivity index (χ0v) is 21.3. The number of nitrogens with zero attached hydrogens (tertiary/aromatic N) is 4. The zero-order chi connectivity index (χ0) is 26.3. The van der Waals surface area contributed by atoms with Gasteiger partial charge in [-0.25, -0.2) is 4.68 Å². The SMILES string of the molecule is C=C(/C=C\C=C/C)[C@@H]1[C@@H](NC(=O)C2(C)CC2)CC(=O)N1c1ccc2c(cnn2-c2ccc(=O)n(C)c2)c1. The lowest BCUT2D eigenvalue weighted by Gasteiger charge is -2.30. The third-order valence-electron chi connectivity index (χ3n) is 7.33. The molecular weight excluding hydrogens is 466 g/mol. The third-order valence-corrected chi connectivity index (χ3v) is 7.33. The van der Waals surface area contributed by atoms with E-state index in [-0.39, 0.29) is 35.3 Å². The van der Waals surface area contributed by atoms with Crippen molar-refractivity contribution in [3.05, 3.63) is 89.5 Å². The Morgan fingerprint density at radius 1 is 1.16 bits per heavy atom. The van der Waals surface area contributed by atoms with E-state index in [2.05, 4.69) is 17.0 Å². The molecule has 2 atom stereocenters. The third kappa shape index (κ3) is 4.55. The average Bonchev–Trinajstić information content (AvgIpc) is 3.35. The van der Waals surface area contributed by atoms with E-state index in [1.807, 2.05) is 56.4 Å². The molecule has 0 radical (unpaired) electrons. The summed E-state index contributed by atoms with van der Waals surface area (Å²) < 4.78 is 3.27. The predicted molar refractivity (Wildman–Crippen MR) is 145 cm³/mol. The highest BCUT2D eigenvalue weighted by molar-refractivity contribution is 6.01. The molecule has 3 heterocycles. The van der Waals surface area contributed by atoms with Crippen molar-refractivity contribution in [1.82, 2.24) is 19.7 Å². The van der Waals surface area contributed by atoms with Gasteiger partial charge in [0.15, 0.2) is 0 Å². The van der Waals surface area contributed by atoms with Crippen LogP contribution >= 0.6 is 0 Å². The molecule has 2 amide bonds. The second-order valence-corrected chi connectivity index (χ2v) is 10.1. The molecule has 5 rings (SSSR count). The number of benzene rings is 1. The van der Waals surface area contributed by atoms with E-state index in [0.717, 1.165) is 40.7 Å². The van der Waals surface area contributed by atoms with Crippen LogP contribution in [0.3, 0.4) is 0 Å². The fraction of sp³-hybridized carbons (Fsp3) is 0.310. The Kier molecular flexibility index (Phi) is 6.19. The number of amides is 2. The molecule has 0 bridgehead atoms. The Labute approximate surface area is 215 Å². The minimum Gasteiger partial charge on any atom is -0.350 e. The van der Waals surface area contributed by atoms with E-state index in [9.17, 15) is 14.4 Å². The Morgan fingerprint density at radius 2 is 1.92 bits per heavy atom. The largest absolute Gasteiger partial charge is 0.350 e. The number of carbonyl (C=O) groups is 2. The van der Waals surface area contributed by atoms with Gasteiger partial charge in [-0.15, -0.1) is 0 Å². The molecule has 1 saturated heterocycles. The van der Waals surface area contributed by atoms with Gasteiger partial charge in [0.25, 0.3) is 0 Å². The molecule has 1 aliphatic carbocycles. The van der Waals surface area contributed by atoms with Crippen LogP contribution in [-0.4, -0.2) is 38.2 Å². The van der Waals surface area contributed by atoms with Crippen LogP contribution in [0.1, 0.15) is 33.1 Å². The molecule has 3 aromatic rings. The summed E-state index contributed by atoms with van der Waals surface area (Å²) in [6, 6.07) is 8.21. The molecule has 1 saturated carbocycles. The molecule has 8 nitrogen and oxygen atoms in total. The number of hydrogen-bond donors (Lipinski definition) is 1. The molecule has 1 N–H and O–H groups in total. The van der Waals surface area contributed by atoms with Gasteiger partial charge in [0, 0.05) is 42.2 Å². The molecule has 190 valence electrons. The van der Waals surface area contributed by atoms with Gasteiger partial charge in [0.1, 0.15) is 0 Å². The zero-order valence-electron chi connectivity index (χ0n) is 21.3. The van der Waals surface area contributed by atoms with Gasteiger partial charge in [-0.2, -0.15) is 5.10 Å². The second kappa shape index (κ2) is 9.35. The van der Waals surface area contributed by atoms with Crippen molar-refractivity contribution in [2.24, 2.45) is 12.5 Å². The van der Waals surface area contributed by atoms with Crippen molar-refractivity contribution in [3.63, 3.8) is 0 Å². The van der Waals surface area contributed by atoms with Crippen LogP contribution in [0, 0.1) is 5.41 Å². The first kappa shape index (κ1) is 24.5. The molecule has 0 unspecified atom stereocenters. The number of aromatic nitrogens is 3. The summed E-state index contributed by atoms with van der Waals surface area (Å²) >= 11 is 0. The van der Waals surface area contributed by atoms with Gasteiger partial charge in [0.05, 0.1) is 29.5 Å². The maximum absolute atomic E-state index is 13.4. The van der Waals surface area contributed by atoms with Gasteiger partial charge < -0.3 is 14.8 Å². The summed E-state index contributed by atoms with van der Waals surface area (Å²) in [6.45, 7) is 8.16. The van der Waals surface area contributed by atoms with Crippen molar-refractivity contribution < 1.29 is 9.59 Å². The molecule has 8 heteroatoms. The molecule has 2 aliphatic rings. The van der Waals surface area contributed by atoms with Gasteiger partial charge in [-0.3, -0.25) is 14.4 Å². The molecule has 1 aromatic carbocycles. The number of aryl methyl sites for hydroxylation is 1. The fourth-order valence-corrected chi connectivity index (χ4v) is 4.82. The number of anilines is 1.